The molecule has 0 aromatic heterocycles. The number of morpholine rings is 2. The summed E-state index contributed by atoms with van der Waals surface area (Å²) in [5.74, 6) is 0. The second-order valence-electron chi connectivity index (χ2n) is 6.05. The van der Waals surface area contributed by atoms with Gasteiger partial charge in [-0.25, -0.2) is 0 Å². The van der Waals surface area contributed by atoms with Crippen LogP contribution in [0, 0.1) is 0 Å². The Hall–Kier alpha value is -0.160. The average molecular weight is 242 g/mol. The van der Waals surface area contributed by atoms with E-state index >= 15 is 0 Å². The third kappa shape index (κ3) is 2.50. The quantitative estimate of drug-likeness (QED) is 0.560. The molecule has 0 radical (unpaired) electrons. The molecule has 0 unspecified atom stereocenters. The normalized spacial score (nSPS) is 32.5. The van der Waals surface area contributed by atoms with Crippen molar-refractivity contribution < 1.29 is 18.4 Å². The Morgan fingerprint density at radius 1 is 0.471 bits per heavy atom. The number of hydrogen-bond acceptors (Lipinski definition) is 2. The Bertz CT molecular complexity index is 232. The molecule has 0 aromatic carbocycles. The summed E-state index contributed by atoms with van der Waals surface area (Å²) in [5.41, 5.74) is 0. The number of hydrogen-bond donors (Lipinski definition) is 0. The predicted molar refractivity (Wildman–Crippen MR) is 65.7 cm³/mol. The lowest BCUT2D eigenvalue weighted by Gasteiger charge is -2.42. The van der Waals surface area contributed by atoms with Gasteiger partial charge in [-0.1, -0.05) is 0 Å². The zero-order chi connectivity index (χ0) is 11.6. The maximum atomic E-state index is 5.53. The van der Waals surface area contributed by atoms with Gasteiger partial charge in [-0.2, -0.15) is 0 Å². The minimum atomic E-state index is 0.975. The van der Waals surface area contributed by atoms with Crippen LogP contribution < -0.4 is 0 Å². The fraction of sp³-hybridized carbons (Fsp3) is 1.00. The standard InChI is InChI=1S/C13H26N2O2/c1-2-14(6-10-16-11-7-14)4-5-15(3-1)8-12-17-13-9-15/h1-13H2/q+2. The number of quaternary nitrogens is 2. The molecule has 0 amide bonds. The van der Waals surface area contributed by atoms with Gasteiger partial charge in [0.05, 0.1) is 39.5 Å². The van der Waals surface area contributed by atoms with Crippen LogP contribution in [0.4, 0.5) is 0 Å². The van der Waals surface area contributed by atoms with Crippen molar-refractivity contribution in [1.29, 1.82) is 0 Å². The van der Waals surface area contributed by atoms with Crippen LogP contribution >= 0.6 is 0 Å². The van der Waals surface area contributed by atoms with Gasteiger partial charge in [-0.15, -0.1) is 0 Å². The largest absolute Gasteiger partial charge is 0.370 e. The summed E-state index contributed by atoms with van der Waals surface area (Å²) in [4.78, 5) is 0. The van der Waals surface area contributed by atoms with Crippen molar-refractivity contribution in [3.8, 4) is 0 Å². The Balaban J connectivity index is 1.66. The number of rotatable bonds is 0. The second kappa shape index (κ2) is 4.84. The van der Waals surface area contributed by atoms with E-state index in [9.17, 15) is 0 Å². The van der Waals surface area contributed by atoms with E-state index < -0.39 is 0 Å². The molecule has 17 heavy (non-hydrogen) atoms. The van der Waals surface area contributed by atoms with Crippen LogP contribution in [0.1, 0.15) is 6.42 Å². The highest BCUT2D eigenvalue weighted by Crippen LogP contribution is 2.22. The van der Waals surface area contributed by atoms with E-state index in [2.05, 4.69) is 0 Å². The van der Waals surface area contributed by atoms with Crippen molar-refractivity contribution in [1.82, 2.24) is 0 Å². The lowest BCUT2D eigenvalue weighted by atomic mass is 10.2. The molecular formula is C13H26N2O2+2. The first-order valence-corrected chi connectivity index (χ1v) is 7.18. The van der Waals surface area contributed by atoms with Crippen LogP contribution in [0.25, 0.3) is 0 Å². The first-order chi connectivity index (χ1) is 8.33. The lowest BCUT2D eigenvalue weighted by molar-refractivity contribution is -0.970. The number of nitrogens with zero attached hydrogens (tertiary/aromatic N) is 2. The summed E-state index contributed by atoms with van der Waals surface area (Å²) in [6.07, 6.45) is 1.39. The van der Waals surface area contributed by atoms with Crippen molar-refractivity contribution in [2.75, 3.05) is 78.8 Å². The molecule has 0 aromatic rings. The molecule has 4 nitrogen and oxygen atoms in total. The minimum Gasteiger partial charge on any atom is -0.370 e. The Kier molecular flexibility index (Phi) is 3.39. The van der Waals surface area contributed by atoms with E-state index in [4.69, 9.17) is 9.47 Å². The molecule has 3 saturated heterocycles. The van der Waals surface area contributed by atoms with Crippen molar-refractivity contribution in [3.05, 3.63) is 0 Å². The van der Waals surface area contributed by atoms with Crippen molar-refractivity contribution >= 4 is 0 Å². The van der Waals surface area contributed by atoms with Crippen LogP contribution in [-0.4, -0.2) is 87.8 Å². The summed E-state index contributed by atoms with van der Waals surface area (Å²) >= 11 is 0. The monoisotopic (exact) mass is 242 g/mol. The summed E-state index contributed by atoms with van der Waals surface area (Å²) in [7, 11) is 0. The molecule has 0 atom stereocenters. The topological polar surface area (TPSA) is 18.5 Å². The first-order valence-electron chi connectivity index (χ1n) is 7.18. The van der Waals surface area contributed by atoms with E-state index in [0.717, 1.165) is 26.4 Å². The van der Waals surface area contributed by atoms with Crippen LogP contribution in [0.2, 0.25) is 0 Å². The van der Waals surface area contributed by atoms with Gasteiger partial charge in [0.1, 0.15) is 39.3 Å². The highest BCUT2D eigenvalue weighted by Gasteiger charge is 2.40. The Morgan fingerprint density at radius 2 is 0.882 bits per heavy atom. The molecule has 0 aliphatic carbocycles. The lowest BCUT2D eigenvalue weighted by Crippen LogP contribution is -2.60. The second-order valence-corrected chi connectivity index (χ2v) is 6.05. The molecule has 4 heteroatoms. The molecule has 3 aliphatic heterocycles. The first kappa shape index (κ1) is 11.9. The van der Waals surface area contributed by atoms with Gasteiger partial charge in [0.15, 0.2) is 0 Å². The molecule has 3 fully saturated rings. The third-order valence-corrected chi connectivity index (χ3v) is 5.15. The molecule has 0 saturated carbocycles. The number of ether oxygens (including phenoxy) is 2. The van der Waals surface area contributed by atoms with Gasteiger partial charge in [-0.05, 0) is 0 Å². The van der Waals surface area contributed by atoms with Crippen LogP contribution in [0.5, 0.6) is 0 Å². The zero-order valence-corrected chi connectivity index (χ0v) is 10.9. The van der Waals surface area contributed by atoms with Crippen molar-refractivity contribution in [2.24, 2.45) is 0 Å². The third-order valence-electron chi connectivity index (χ3n) is 5.15. The molecule has 3 heterocycles. The zero-order valence-electron chi connectivity index (χ0n) is 10.9. The van der Waals surface area contributed by atoms with Crippen LogP contribution in [-0.2, 0) is 9.47 Å². The highest BCUT2D eigenvalue weighted by atomic mass is 16.5. The van der Waals surface area contributed by atoms with Crippen LogP contribution in [0.15, 0.2) is 0 Å². The van der Waals surface area contributed by atoms with Gasteiger partial charge in [0.2, 0.25) is 0 Å². The van der Waals surface area contributed by atoms with Gasteiger partial charge in [0.25, 0.3) is 0 Å². The van der Waals surface area contributed by atoms with E-state index in [1.54, 1.807) is 0 Å². The fourth-order valence-electron chi connectivity index (χ4n) is 3.74. The van der Waals surface area contributed by atoms with Gasteiger partial charge >= 0.3 is 0 Å². The predicted octanol–water partition coefficient (Wildman–Crippen LogP) is 0.0841. The maximum absolute atomic E-state index is 5.53. The Morgan fingerprint density at radius 3 is 1.29 bits per heavy atom. The molecule has 3 rings (SSSR count). The smallest absolute Gasteiger partial charge is 0.129 e. The molecule has 98 valence electrons. The average Bonchev–Trinajstić information content (AvgIpc) is 2.54. The minimum absolute atomic E-state index is 0.975. The van der Waals surface area contributed by atoms with E-state index in [-0.39, 0.29) is 0 Å². The summed E-state index contributed by atoms with van der Waals surface area (Å²) in [5, 5.41) is 0. The van der Waals surface area contributed by atoms with Gasteiger partial charge in [-0.3, -0.25) is 0 Å². The molecule has 0 N–H and O–H groups in total. The van der Waals surface area contributed by atoms with Gasteiger partial charge in [0, 0.05) is 6.42 Å². The van der Waals surface area contributed by atoms with E-state index in [1.165, 1.54) is 67.7 Å². The fourth-order valence-corrected chi connectivity index (χ4v) is 3.74. The summed E-state index contributed by atoms with van der Waals surface area (Å²) in [6.45, 7) is 14.4. The SMILES string of the molecule is C1C[N+]2(CCOCC2)CC[N+]2(C1)CCOCC2. The molecule has 2 spiro atoms. The molecule has 3 aliphatic rings. The molecular weight excluding hydrogens is 216 g/mol. The van der Waals surface area contributed by atoms with E-state index in [0.29, 0.717) is 0 Å². The maximum Gasteiger partial charge on any atom is 0.129 e. The van der Waals surface area contributed by atoms with Gasteiger partial charge < -0.3 is 18.4 Å². The highest BCUT2D eigenvalue weighted by molar-refractivity contribution is 4.59. The summed E-state index contributed by atoms with van der Waals surface area (Å²) in [6, 6.07) is 0. The van der Waals surface area contributed by atoms with E-state index in [1.807, 2.05) is 0 Å². The molecule has 0 bridgehead atoms. The van der Waals surface area contributed by atoms with Crippen molar-refractivity contribution in [2.45, 2.75) is 6.42 Å². The van der Waals surface area contributed by atoms with Crippen molar-refractivity contribution in [3.63, 3.8) is 0 Å². The summed E-state index contributed by atoms with van der Waals surface area (Å²) < 4.78 is 13.7. The Labute approximate surface area is 104 Å². The van der Waals surface area contributed by atoms with Crippen LogP contribution in [0.3, 0.4) is 0 Å².